The van der Waals surface area contributed by atoms with E-state index >= 15 is 0 Å². The van der Waals surface area contributed by atoms with Crippen LogP contribution in [0.5, 0.6) is 0 Å². The first-order valence-electron chi connectivity index (χ1n) is 8.80. The average Bonchev–Trinajstić information content (AvgIpc) is 2.84. The van der Waals surface area contributed by atoms with Crippen molar-refractivity contribution in [3.8, 4) is 0 Å². The third-order valence-corrected chi connectivity index (χ3v) is 5.60. The van der Waals surface area contributed by atoms with Crippen molar-refractivity contribution in [1.29, 1.82) is 0 Å². The Bertz CT molecular complexity index is 966. The van der Waals surface area contributed by atoms with Gasteiger partial charge in [0.25, 0.3) is 5.56 Å². The summed E-state index contributed by atoms with van der Waals surface area (Å²) in [5.41, 5.74) is 1.87. The quantitative estimate of drug-likeness (QED) is 0.709. The Labute approximate surface area is 155 Å². The van der Waals surface area contributed by atoms with Crippen molar-refractivity contribution in [2.24, 2.45) is 0 Å². The highest BCUT2D eigenvalue weighted by molar-refractivity contribution is 7.16. The van der Waals surface area contributed by atoms with Gasteiger partial charge in [0.15, 0.2) is 4.96 Å². The van der Waals surface area contributed by atoms with Crippen LogP contribution in [0.25, 0.3) is 4.96 Å². The molecule has 1 aliphatic heterocycles. The van der Waals surface area contributed by atoms with E-state index in [0.29, 0.717) is 6.54 Å². The summed E-state index contributed by atoms with van der Waals surface area (Å²) in [6, 6.07) is 8.32. The molecule has 1 aromatic carbocycles. The number of hydrogen-bond acceptors (Lipinski definition) is 5. The van der Waals surface area contributed by atoms with Crippen LogP contribution in [-0.2, 0) is 6.54 Å². The molecule has 3 aromatic rings. The summed E-state index contributed by atoms with van der Waals surface area (Å²) in [6.07, 6.45) is 2.86. The molecule has 0 amide bonds. The minimum absolute atomic E-state index is 0.0166. The monoisotopic (exact) mass is 372 g/mol. The van der Waals surface area contributed by atoms with Crippen molar-refractivity contribution in [3.05, 3.63) is 63.3 Å². The molecule has 7 heteroatoms. The molecule has 5 nitrogen and oxygen atoms in total. The third-order valence-electron chi connectivity index (χ3n) is 4.70. The maximum atomic E-state index is 13.1. The number of nitrogens with zero attached hydrogens (tertiary/aromatic N) is 4. The van der Waals surface area contributed by atoms with Gasteiger partial charge < -0.3 is 4.90 Å². The minimum atomic E-state index is -0.207. The van der Waals surface area contributed by atoms with Crippen molar-refractivity contribution in [1.82, 2.24) is 14.3 Å². The Kier molecular flexibility index (Phi) is 4.74. The summed E-state index contributed by atoms with van der Waals surface area (Å²) in [5, 5.41) is 0. The predicted molar refractivity (Wildman–Crippen MR) is 103 cm³/mol. The zero-order chi connectivity index (χ0) is 18.1. The number of thiazole rings is 1. The molecule has 0 spiro atoms. The fourth-order valence-corrected chi connectivity index (χ4v) is 4.26. The molecular weight excluding hydrogens is 351 g/mol. The van der Waals surface area contributed by atoms with Crippen molar-refractivity contribution < 1.29 is 4.39 Å². The molecule has 26 heavy (non-hydrogen) atoms. The highest BCUT2D eigenvalue weighted by Gasteiger charge is 2.17. The number of hydrogen-bond donors (Lipinski definition) is 0. The topological polar surface area (TPSA) is 40.9 Å². The second-order valence-corrected chi connectivity index (χ2v) is 7.89. The van der Waals surface area contributed by atoms with E-state index in [1.165, 1.54) is 23.5 Å². The lowest BCUT2D eigenvalue weighted by molar-refractivity contribution is 0.282. The number of anilines is 1. The maximum absolute atomic E-state index is 13.1. The summed E-state index contributed by atoms with van der Waals surface area (Å²) in [5.74, 6) is -0.207. The summed E-state index contributed by atoms with van der Waals surface area (Å²) in [6.45, 7) is 6.34. The highest BCUT2D eigenvalue weighted by Crippen LogP contribution is 2.18. The van der Waals surface area contributed by atoms with Gasteiger partial charge in [0.2, 0.25) is 0 Å². The first kappa shape index (κ1) is 17.2. The Balaban J connectivity index is 1.46. The molecule has 3 heterocycles. The fourth-order valence-electron chi connectivity index (χ4n) is 3.41. The molecule has 1 saturated heterocycles. The Morgan fingerprint density at radius 3 is 2.77 bits per heavy atom. The van der Waals surface area contributed by atoms with Gasteiger partial charge in [-0.1, -0.05) is 0 Å². The maximum Gasteiger partial charge on any atom is 0.258 e. The minimum Gasteiger partial charge on any atom is -0.370 e. The normalized spacial score (nSPS) is 16.2. The van der Waals surface area contributed by atoms with Crippen LogP contribution in [-0.4, -0.2) is 40.5 Å². The first-order valence-corrected chi connectivity index (χ1v) is 9.62. The van der Waals surface area contributed by atoms with Crippen LogP contribution in [0.15, 0.2) is 41.3 Å². The summed E-state index contributed by atoms with van der Waals surface area (Å²) >= 11 is 1.54. The van der Waals surface area contributed by atoms with Crippen LogP contribution in [0.2, 0.25) is 0 Å². The Morgan fingerprint density at radius 1 is 1.15 bits per heavy atom. The van der Waals surface area contributed by atoms with Crippen molar-refractivity contribution >= 4 is 22.0 Å². The first-order chi connectivity index (χ1) is 12.6. The number of halogens is 1. The van der Waals surface area contributed by atoms with Gasteiger partial charge in [-0.25, -0.2) is 9.37 Å². The molecule has 0 radical (unpaired) electrons. The van der Waals surface area contributed by atoms with Crippen LogP contribution >= 0.6 is 11.3 Å². The number of fused-ring (bicyclic) bond motifs is 1. The molecule has 0 aliphatic carbocycles. The van der Waals surface area contributed by atoms with Crippen molar-refractivity contribution in [3.63, 3.8) is 0 Å². The number of aryl methyl sites for hydroxylation is 1. The standard InChI is InChI=1S/C19H21FN4OS/c1-14-12-24-18(25)11-16(21-19(24)26-14)13-22-7-2-8-23(10-9-22)17-5-3-15(20)4-6-17/h3-6,11-12H,2,7-10,13H2,1H3. The molecule has 0 atom stereocenters. The molecule has 1 aliphatic rings. The summed E-state index contributed by atoms with van der Waals surface area (Å²) in [4.78, 5) is 23.4. The van der Waals surface area contributed by atoms with Gasteiger partial charge in [-0.2, -0.15) is 0 Å². The summed E-state index contributed by atoms with van der Waals surface area (Å²) < 4.78 is 14.7. The third kappa shape index (κ3) is 3.64. The van der Waals surface area contributed by atoms with E-state index < -0.39 is 0 Å². The molecule has 0 N–H and O–H groups in total. The van der Waals surface area contributed by atoms with Crippen molar-refractivity contribution in [2.75, 3.05) is 31.1 Å². The Morgan fingerprint density at radius 2 is 1.96 bits per heavy atom. The zero-order valence-corrected chi connectivity index (χ0v) is 15.5. The molecule has 0 unspecified atom stereocenters. The predicted octanol–water partition coefficient (Wildman–Crippen LogP) is 2.92. The van der Waals surface area contributed by atoms with E-state index in [-0.39, 0.29) is 11.4 Å². The van der Waals surface area contributed by atoms with Gasteiger partial charge in [0, 0.05) is 55.6 Å². The lowest BCUT2D eigenvalue weighted by Crippen LogP contribution is -2.31. The molecule has 0 saturated carbocycles. The van der Waals surface area contributed by atoms with Crippen molar-refractivity contribution in [2.45, 2.75) is 19.9 Å². The summed E-state index contributed by atoms with van der Waals surface area (Å²) in [7, 11) is 0. The van der Waals surface area contributed by atoms with E-state index in [9.17, 15) is 9.18 Å². The molecule has 136 valence electrons. The van der Waals surface area contributed by atoms with Gasteiger partial charge in [0.05, 0.1) is 5.69 Å². The van der Waals surface area contributed by atoms with Gasteiger partial charge in [0.1, 0.15) is 5.82 Å². The zero-order valence-electron chi connectivity index (χ0n) is 14.7. The lowest BCUT2D eigenvalue weighted by atomic mass is 10.2. The molecular formula is C19H21FN4OS. The van der Waals surface area contributed by atoms with Crippen LogP contribution in [0, 0.1) is 12.7 Å². The van der Waals surface area contributed by atoms with Crippen LogP contribution < -0.4 is 10.5 Å². The van der Waals surface area contributed by atoms with Crippen LogP contribution in [0.4, 0.5) is 10.1 Å². The largest absolute Gasteiger partial charge is 0.370 e. The van der Waals surface area contributed by atoms with E-state index in [2.05, 4.69) is 14.8 Å². The molecule has 4 rings (SSSR count). The average molecular weight is 372 g/mol. The second kappa shape index (κ2) is 7.17. The fraction of sp³-hybridized carbons (Fsp3) is 0.368. The Hall–Kier alpha value is -2.25. The number of aromatic nitrogens is 2. The highest BCUT2D eigenvalue weighted by atomic mass is 32.1. The SMILES string of the molecule is Cc1cn2c(=O)cc(CN3CCCN(c4ccc(F)cc4)CC3)nc2s1. The number of benzene rings is 1. The number of rotatable bonds is 3. The van der Waals surface area contributed by atoms with Gasteiger partial charge in [-0.15, -0.1) is 11.3 Å². The molecule has 0 bridgehead atoms. The van der Waals surface area contributed by atoms with Crippen LogP contribution in [0.1, 0.15) is 17.0 Å². The van der Waals surface area contributed by atoms with E-state index in [1.54, 1.807) is 10.5 Å². The molecule has 2 aromatic heterocycles. The van der Waals surface area contributed by atoms with Gasteiger partial charge >= 0.3 is 0 Å². The van der Waals surface area contributed by atoms with E-state index in [1.807, 2.05) is 25.3 Å². The lowest BCUT2D eigenvalue weighted by Gasteiger charge is -2.23. The van der Waals surface area contributed by atoms with E-state index in [4.69, 9.17) is 0 Å². The van der Waals surface area contributed by atoms with Gasteiger partial charge in [-0.05, 0) is 37.6 Å². The molecule has 1 fully saturated rings. The second-order valence-electron chi connectivity index (χ2n) is 6.67. The van der Waals surface area contributed by atoms with Crippen LogP contribution in [0.3, 0.4) is 0 Å². The van der Waals surface area contributed by atoms with E-state index in [0.717, 1.165) is 53.8 Å². The smallest absolute Gasteiger partial charge is 0.258 e. The van der Waals surface area contributed by atoms with Gasteiger partial charge in [-0.3, -0.25) is 14.1 Å².